The number of ether oxygens (including phenoxy) is 1. The Morgan fingerprint density at radius 2 is 2.10 bits per heavy atom. The molecule has 0 bridgehead atoms. The zero-order valence-electron chi connectivity index (χ0n) is 12.0. The Bertz CT molecular complexity index is 640. The number of nitrogens with zero attached hydrogens (tertiary/aromatic N) is 1. The highest BCUT2D eigenvalue weighted by atomic mass is 35.5. The van der Waals surface area contributed by atoms with Crippen molar-refractivity contribution in [2.24, 2.45) is 0 Å². The molecule has 4 nitrogen and oxygen atoms in total. The Morgan fingerprint density at radius 3 is 2.86 bits per heavy atom. The third-order valence-electron chi connectivity index (χ3n) is 3.12. The van der Waals surface area contributed by atoms with E-state index >= 15 is 0 Å². The third kappa shape index (κ3) is 4.34. The lowest BCUT2D eigenvalue weighted by Crippen LogP contribution is -2.21. The topological polar surface area (TPSA) is 43.3 Å². The highest BCUT2D eigenvalue weighted by molar-refractivity contribution is 6.31. The summed E-state index contributed by atoms with van der Waals surface area (Å²) in [5.41, 5.74) is 0.918. The molecule has 1 aromatic heterocycles. The Hall–Kier alpha value is -1.78. The number of halogens is 1. The van der Waals surface area contributed by atoms with Gasteiger partial charge >= 0.3 is 0 Å². The molecule has 112 valence electrons. The second-order valence-corrected chi connectivity index (χ2v) is 4.98. The molecule has 5 heteroatoms. The van der Waals surface area contributed by atoms with Gasteiger partial charge in [-0.05, 0) is 24.7 Å². The summed E-state index contributed by atoms with van der Waals surface area (Å²) in [4.78, 5) is 11.6. The summed E-state index contributed by atoms with van der Waals surface area (Å²) >= 11 is 6.21. The lowest BCUT2D eigenvalue weighted by atomic mass is 10.2. The minimum atomic E-state index is -0.0277. The van der Waals surface area contributed by atoms with Crippen molar-refractivity contribution in [2.75, 3.05) is 13.2 Å². The molecule has 2 rings (SSSR count). The molecule has 0 amide bonds. The molecule has 0 saturated carbocycles. The number of hydrogen-bond donors (Lipinski definition) is 1. The predicted molar refractivity (Wildman–Crippen MR) is 85.0 cm³/mol. The second-order valence-electron chi connectivity index (χ2n) is 4.58. The van der Waals surface area contributed by atoms with Crippen molar-refractivity contribution in [3.05, 3.63) is 63.5 Å². The summed E-state index contributed by atoms with van der Waals surface area (Å²) in [6.45, 7) is 4.50. The summed E-state index contributed by atoms with van der Waals surface area (Å²) < 4.78 is 7.41. The van der Waals surface area contributed by atoms with Gasteiger partial charge in [0, 0.05) is 29.4 Å². The van der Waals surface area contributed by atoms with Gasteiger partial charge in [-0.3, -0.25) is 4.79 Å². The SMILES string of the molecule is CCNCc1c(Cl)cccc1OCCn1ccccc1=O. The van der Waals surface area contributed by atoms with Crippen LogP contribution in [-0.2, 0) is 13.1 Å². The van der Waals surface area contributed by atoms with E-state index in [1.807, 2.05) is 31.2 Å². The Kier molecular flexibility index (Phi) is 5.84. The van der Waals surface area contributed by atoms with Crippen molar-refractivity contribution in [3.8, 4) is 5.75 Å². The summed E-state index contributed by atoms with van der Waals surface area (Å²) in [5.74, 6) is 0.757. The fourth-order valence-corrected chi connectivity index (χ4v) is 2.23. The first kappa shape index (κ1) is 15.6. The minimum absolute atomic E-state index is 0.0277. The molecule has 21 heavy (non-hydrogen) atoms. The van der Waals surface area contributed by atoms with Crippen LogP contribution >= 0.6 is 11.6 Å². The molecule has 0 saturated heterocycles. The molecule has 0 atom stereocenters. The number of hydrogen-bond acceptors (Lipinski definition) is 3. The first-order chi connectivity index (χ1) is 10.2. The van der Waals surface area contributed by atoms with Gasteiger partial charge in [0.1, 0.15) is 12.4 Å². The van der Waals surface area contributed by atoms with E-state index in [2.05, 4.69) is 5.32 Å². The Morgan fingerprint density at radius 1 is 1.24 bits per heavy atom. The van der Waals surface area contributed by atoms with Crippen LogP contribution in [0.5, 0.6) is 5.75 Å². The molecule has 0 aliphatic heterocycles. The van der Waals surface area contributed by atoms with Gasteiger partial charge in [-0.25, -0.2) is 0 Å². The lowest BCUT2D eigenvalue weighted by molar-refractivity contribution is 0.293. The standard InChI is InChI=1S/C16H19ClN2O2/c1-2-18-12-13-14(17)6-5-7-15(13)21-11-10-19-9-4-3-8-16(19)20/h3-9,18H,2,10-12H2,1H3. The van der Waals surface area contributed by atoms with E-state index in [1.165, 1.54) is 6.07 Å². The summed E-state index contributed by atoms with van der Waals surface area (Å²) in [6, 6.07) is 10.7. The highest BCUT2D eigenvalue weighted by Crippen LogP contribution is 2.26. The average Bonchev–Trinajstić information content (AvgIpc) is 2.48. The van der Waals surface area contributed by atoms with Crippen LogP contribution in [0.2, 0.25) is 5.02 Å². The van der Waals surface area contributed by atoms with Gasteiger partial charge in [0.25, 0.3) is 5.56 Å². The molecule has 1 N–H and O–H groups in total. The van der Waals surface area contributed by atoms with E-state index < -0.39 is 0 Å². The Labute approximate surface area is 129 Å². The van der Waals surface area contributed by atoms with E-state index in [1.54, 1.807) is 16.8 Å². The largest absolute Gasteiger partial charge is 0.491 e. The van der Waals surface area contributed by atoms with Gasteiger partial charge in [-0.2, -0.15) is 0 Å². The minimum Gasteiger partial charge on any atom is -0.491 e. The number of benzene rings is 1. The first-order valence-corrected chi connectivity index (χ1v) is 7.36. The molecule has 1 heterocycles. The first-order valence-electron chi connectivity index (χ1n) is 6.98. The molecule has 1 aromatic carbocycles. The summed E-state index contributed by atoms with van der Waals surface area (Å²) in [7, 11) is 0. The molecule has 0 radical (unpaired) electrons. The molecule has 0 unspecified atom stereocenters. The monoisotopic (exact) mass is 306 g/mol. The van der Waals surface area contributed by atoms with Crippen molar-refractivity contribution in [2.45, 2.75) is 20.0 Å². The van der Waals surface area contributed by atoms with E-state index in [4.69, 9.17) is 16.3 Å². The quantitative estimate of drug-likeness (QED) is 0.855. The molecule has 0 fully saturated rings. The molecular formula is C16H19ClN2O2. The maximum atomic E-state index is 11.6. The number of aromatic nitrogens is 1. The summed E-state index contributed by atoms with van der Waals surface area (Å²) in [6.07, 6.45) is 1.75. The van der Waals surface area contributed by atoms with Crippen molar-refractivity contribution in [3.63, 3.8) is 0 Å². The predicted octanol–water partition coefficient (Wildman–Crippen LogP) is 2.69. The van der Waals surface area contributed by atoms with E-state index in [0.717, 1.165) is 17.9 Å². The second kappa shape index (κ2) is 7.86. The number of nitrogens with one attached hydrogen (secondary N) is 1. The van der Waals surface area contributed by atoms with Crippen LogP contribution in [0.15, 0.2) is 47.4 Å². The van der Waals surface area contributed by atoms with Crippen molar-refractivity contribution >= 4 is 11.6 Å². The highest BCUT2D eigenvalue weighted by Gasteiger charge is 2.07. The maximum absolute atomic E-state index is 11.6. The zero-order chi connectivity index (χ0) is 15.1. The molecular weight excluding hydrogens is 288 g/mol. The van der Waals surface area contributed by atoms with Crippen molar-refractivity contribution in [1.82, 2.24) is 9.88 Å². The van der Waals surface area contributed by atoms with Crippen LogP contribution in [0, 0.1) is 0 Å². The fourth-order valence-electron chi connectivity index (χ4n) is 1.99. The lowest BCUT2D eigenvalue weighted by Gasteiger charge is -2.14. The number of pyridine rings is 1. The number of rotatable bonds is 7. The van der Waals surface area contributed by atoms with Crippen molar-refractivity contribution in [1.29, 1.82) is 0 Å². The Balaban J connectivity index is 2.01. The average molecular weight is 307 g/mol. The van der Waals surface area contributed by atoms with E-state index in [0.29, 0.717) is 24.7 Å². The van der Waals surface area contributed by atoms with Gasteiger partial charge in [0.05, 0.1) is 6.54 Å². The fraction of sp³-hybridized carbons (Fsp3) is 0.312. The van der Waals surface area contributed by atoms with E-state index in [9.17, 15) is 4.79 Å². The molecule has 0 spiro atoms. The van der Waals surface area contributed by atoms with Crippen LogP contribution in [0.25, 0.3) is 0 Å². The molecule has 0 aliphatic carbocycles. The van der Waals surface area contributed by atoms with Crippen LogP contribution < -0.4 is 15.6 Å². The van der Waals surface area contributed by atoms with Gasteiger partial charge in [0.15, 0.2) is 0 Å². The van der Waals surface area contributed by atoms with Gasteiger partial charge < -0.3 is 14.6 Å². The normalized spacial score (nSPS) is 10.6. The van der Waals surface area contributed by atoms with Crippen LogP contribution in [0.3, 0.4) is 0 Å². The zero-order valence-corrected chi connectivity index (χ0v) is 12.8. The third-order valence-corrected chi connectivity index (χ3v) is 3.47. The van der Waals surface area contributed by atoms with Gasteiger partial charge in [-0.1, -0.05) is 30.7 Å². The maximum Gasteiger partial charge on any atom is 0.250 e. The van der Waals surface area contributed by atoms with Crippen LogP contribution in [0.4, 0.5) is 0 Å². The van der Waals surface area contributed by atoms with Gasteiger partial charge in [0.2, 0.25) is 0 Å². The molecule has 2 aromatic rings. The molecule has 0 aliphatic rings. The van der Waals surface area contributed by atoms with Crippen LogP contribution in [0.1, 0.15) is 12.5 Å². The van der Waals surface area contributed by atoms with Crippen molar-refractivity contribution < 1.29 is 4.74 Å². The summed E-state index contributed by atoms with van der Waals surface area (Å²) in [5, 5.41) is 3.93. The smallest absolute Gasteiger partial charge is 0.250 e. The van der Waals surface area contributed by atoms with E-state index in [-0.39, 0.29) is 5.56 Å². The van der Waals surface area contributed by atoms with Crippen LogP contribution in [-0.4, -0.2) is 17.7 Å². The van der Waals surface area contributed by atoms with Gasteiger partial charge in [-0.15, -0.1) is 0 Å².